The summed E-state index contributed by atoms with van der Waals surface area (Å²) >= 11 is 3.46. The average Bonchev–Trinajstić information content (AvgIpc) is 2.57. The molecule has 0 bridgehead atoms. The maximum absolute atomic E-state index is 9.79. The minimum Gasteiger partial charge on any atom is -0.490 e. The summed E-state index contributed by atoms with van der Waals surface area (Å²) in [5.74, 6) is 0.825. The normalized spacial score (nSPS) is 19.3. The van der Waals surface area contributed by atoms with Crippen LogP contribution in [-0.2, 0) is 0 Å². The van der Waals surface area contributed by atoms with E-state index in [1.807, 2.05) is 18.2 Å². The molecule has 1 aromatic carbocycles. The maximum Gasteiger partial charge on any atom is 0.126 e. The third-order valence-electron chi connectivity index (χ3n) is 3.52. The van der Waals surface area contributed by atoms with E-state index < -0.39 is 6.10 Å². The van der Waals surface area contributed by atoms with Crippen LogP contribution in [0.2, 0.25) is 0 Å². The SMILES string of the molecule is CC(O)c1ccc(Br)cc1OC1CCCCCC1. The maximum atomic E-state index is 9.79. The van der Waals surface area contributed by atoms with Crippen molar-refractivity contribution in [3.63, 3.8) is 0 Å². The largest absolute Gasteiger partial charge is 0.490 e. The van der Waals surface area contributed by atoms with Gasteiger partial charge in [-0.3, -0.25) is 0 Å². The zero-order chi connectivity index (χ0) is 13.0. The summed E-state index contributed by atoms with van der Waals surface area (Å²) in [5, 5.41) is 9.79. The first-order valence-corrected chi connectivity index (χ1v) is 7.60. The fourth-order valence-electron chi connectivity index (χ4n) is 2.49. The van der Waals surface area contributed by atoms with Gasteiger partial charge in [-0.25, -0.2) is 0 Å². The highest BCUT2D eigenvalue weighted by Gasteiger charge is 2.17. The van der Waals surface area contributed by atoms with Crippen LogP contribution in [-0.4, -0.2) is 11.2 Å². The molecule has 1 aliphatic rings. The van der Waals surface area contributed by atoms with Crippen molar-refractivity contribution in [1.82, 2.24) is 0 Å². The van der Waals surface area contributed by atoms with E-state index in [4.69, 9.17) is 4.74 Å². The van der Waals surface area contributed by atoms with Gasteiger partial charge in [-0.2, -0.15) is 0 Å². The van der Waals surface area contributed by atoms with Crippen LogP contribution in [0.15, 0.2) is 22.7 Å². The van der Waals surface area contributed by atoms with Crippen molar-refractivity contribution < 1.29 is 9.84 Å². The Morgan fingerprint density at radius 2 is 1.89 bits per heavy atom. The highest BCUT2D eigenvalue weighted by Crippen LogP contribution is 2.31. The summed E-state index contributed by atoms with van der Waals surface area (Å²) in [6, 6.07) is 5.84. The molecule has 0 spiro atoms. The predicted octanol–water partition coefficient (Wildman–Crippen LogP) is 4.60. The molecule has 1 aliphatic carbocycles. The van der Waals surface area contributed by atoms with Crippen molar-refractivity contribution in [3.8, 4) is 5.75 Å². The van der Waals surface area contributed by atoms with E-state index in [1.54, 1.807) is 6.92 Å². The lowest BCUT2D eigenvalue weighted by atomic mass is 10.1. The van der Waals surface area contributed by atoms with E-state index in [2.05, 4.69) is 15.9 Å². The molecule has 1 fully saturated rings. The molecule has 1 saturated carbocycles. The summed E-state index contributed by atoms with van der Waals surface area (Å²) in [5.41, 5.74) is 0.877. The number of aliphatic hydroxyl groups excluding tert-OH is 1. The van der Waals surface area contributed by atoms with Gasteiger partial charge in [-0.15, -0.1) is 0 Å². The topological polar surface area (TPSA) is 29.5 Å². The molecule has 1 aromatic rings. The van der Waals surface area contributed by atoms with E-state index in [0.717, 1.165) is 28.6 Å². The Morgan fingerprint density at radius 1 is 1.22 bits per heavy atom. The molecule has 0 saturated heterocycles. The molecule has 2 nitrogen and oxygen atoms in total. The lowest BCUT2D eigenvalue weighted by Gasteiger charge is -2.20. The van der Waals surface area contributed by atoms with Crippen LogP contribution in [0.5, 0.6) is 5.75 Å². The summed E-state index contributed by atoms with van der Waals surface area (Å²) in [6.45, 7) is 1.78. The van der Waals surface area contributed by atoms with Gasteiger partial charge in [0.05, 0.1) is 12.2 Å². The van der Waals surface area contributed by atoms with Gasteiger partial charge < -0.3 is 9.84 Å². The molecule has 0 aliphatic heterocycles. The molecule has 100 valence electrons. The van der Waals surface area contributed by atoms with Crippen LogP contribution in [0.1, 0.15) is 57.1 Å². The van der Waals surface area contributed by atoms with Gasteiger partial charge in [-0.05, 0) is 44.7 Å². The average molecular weight is 313 g/mol. The molecule has 2 rings (SSSR count). The van der Waals surface area contributed by atoms with Gasteiger partial charge in [0.2, 0.25) is 0 Å². The van der Waals surface area contributed by atoms with Crippen molar-refractivity contribution in [2.75, 3.05) is 0 Å². The zero-order valence-corrected chi connectivity index (χ0v) is 12.4. The Hall–Kier alpha value is -0.540. The van der Waals surface area contributed by atoms with Crippen LogP contribution in [0, 0.1) is 0 Å². The zero-order valence-electron chi connectivity index (χ0n) is 10.9. The Bertz CT molecular complexity index is 382. The molecular weight excluding hydrogens is 292 g/mol. The van der Waals surface area contributed by atoms with Crippen molar-refractivity contribution in [2.24, 2.45) is 0 Å². The summed E-state index contributed by atoms with van der Waals surface area (Å²) < 4.78 is 7.11. The molecule has 1 N–H and O–H groups in total. The Kier molecular flexibility index (Phi) is 5.07. The minimum absolute atomic E-state index is 0.305. The van der Waals surface area contributed by atoms with Crippen LogP contribution in [0.3, 0.4) is 0 Å². The van der Waals surface area contributed by atoms with Crippen molar-refractivity contribution in [3.05, 3.63) is 28.2 Å². The molecule has 0 aromatic heterocycles. The van der Waals surface area contributed by atoms with Crippen molar-refractivity contribution >= 4 is 15.9 Å². The third kappa shape index (κ3) is 3.72. The van der Waals surface area contributed by atoms with E-state index in [1.165, 1.54) is 25.7 Å². The van der Waals surface area contributed by atoms with E-state index in [-0.39, 0.29) is 0 Å². The number of rotatable bonds is 3. The summed E-state index contributed by atoms with van der Waals surface area (Å²) in [7, 11) is 0. The molecular formula is C15H21BrO2. The van der Waals surface area contributed by atoms with Gasteiger partial charge in [0, 0.05) is 10.0 Å². The first-order valence-electron chi connectivity index (χ1n) is 6.81. The summed E-state index contributed by atoms with van der Waals surface area (Å²) in [6.07, 6.45) is 7.23. The van der Waals surface area contributed by atoms with Crippen LogP contribution >= 0.6 is 15.9 Å². The van der Waals surface area contributed by atoms with Gasteiger partial charge in [0.1, 0.15) is 5.75 Å². The fraction of sp³-hybridized carbons (Fsp3) is 0.600. The molecule has 0 radical (unpaired) electrons. The Balaban J connectivity index is 2.13. The van der Waals surface area contributed by atoms with Crippen LogP contribution in [0.4, 0.5) is 0 Å². The first kappa shape index (κ1) is 13.9. The number of aliphatic hydroxyl groups is 1. The predicted molar refractivity (Wildman–Crippen MR) is 76.9 cm³/mol. The second-order valence-corrected chi connectivity index (χ2v) is 6.01. The standard InChI is InChI=1S/C15H21BrO2/c1-11(17)14-9-8-12(16)10-15(14)18-13-6-4-2-3-5-7-13/h8-11,13,17H,2-7H2,1H3. The van der Waals surface area contributed by atoms with E-state index in [0.29, 0.717) is 6.10 Å². The molecule has 18 heavy (non-hydrogen) atoms. The second-order valence-electron chi connectivity index (χ2n) is 5.09. The number of halogens is 1. The van der Waals surface area contributed by atoms with Crippen LogP contribution in [0.25, 0.3) is 0 Å². The number of benzene rings is 1. The quantitative estimate of drug-likeness (QED) is 0.826. The molecule has 0 amide bonds. The van der Waals surface area contributed by atoms with Crippen LogP contribution < -0.4 is 4.74 Å². The molecule has 1 unspecified atom stereocenters. The fourth-order valence-corrected chi connectivity index (χ4v) is 2.83. The van der Waals surface area contributed by atoms with Gasteiger partial charge in [0.15, 0.2) is 0 Å². The lowest BCUT2D eigenvalue weighted by Crippen LogP contribution is -2.16. The molecule has 1 atom stereocenters. The highest BCUT2D eigenvalue weighted by molar-refractivity contribution is 9.10. The number of hydrogen-bond donors (Lipinski definition) is 1. The van der Waals surface area contributed by atoms with E-state index in [9.17, 15) is 5.11 Å². The van der Waals surface area contributed by atoms with Gasteiger partial charge in [0.25, 0.3) is 0 Å². The Labute approximate surface area is 117 Å². The summed E-state index contributed by atoms with van der Waals surface area (Å²) in [4.78, 5) is 0. The Morgan fingerprint density at radius 3 is 2.50 bits per heavy atom. The third-order valence-corrected chi connectivity index (χ3v) is 4.01. The van der Waals surface area contributed by atoms with Crippen molar-refractivity contribution in [2.45, 2.75) is 57.7 Å². The van der Waals surface area contributed by atoms with E-state index >= 15 is 0 Å². The lowest BCUT2D eigenvalue weighted by molar-refractivity contribution is 0.161. The first-order chi connectivity index (χ1) is 8.66. The monoisotopic (exact) mass is 312 g/mol. The van der Waals surface area contributed by atoms with Gasteiger partial charge in [-0.1, -0.05) is 34.8 Å². The number of ether oxygens (including phenoxy) is 1. The minimum atomic E-state index is -0.487. The van der Waals surface area contributed by atoms with Crippen molar-refractivity contribution in [1.29, 1.82) is 0 Å². The smallest absolute Gasteiger partial charge is 0.126 e. The van der Waals surface area contributed by atoms with Gasteiger partial charge >= 0.3 is 0 Å². The number of hydrogen-bond acceptors (Lipinski definition) is 2. The molecule has 0 heterocycles. The second kappa shape index (κ2) is 6.58. The molecule has 3 heteroatoms. The highest BCUT2D eigenvalue weighted by atomic mass is 79.9.